The summed E-state index contributed by atoms with van der Waals surface area (Å²) >= 11 is 0. The number of aliphatic hydroxyl groups is 1. The summed E-state index contributed by atoms with van der Waals surface area (Å²) in [6, 6.07) is 5.48. The van der Waals surface area contributed by atoms with E-state index in [2.05, 4.69) is 46.2 Å². The van der Waals surface area contributed by atoms with Crippen molar-refractivity contribution in [1.82, 2.24) is 15.5 Å². The lowest BCUT2D eigenvalue weighted by atomic mass is 9.79. The van der Waals surface area contributed by atoms with Crippen molar-refractivity contribution >= 4 is 11.6 Å². The van der Waals surface area contributed by atoms with E-state index >= 15 is 0 Å². The van der Waals surface area contributed by atoms with Crippen LogP contribution >= 0.6 is 0 Å². The van der Waals surface area contributed by atoms with Crippen molar-refractivity contribution in [2.45, 2.75) is 53.5 Å². The second kappa shape index (κ2) is 12.9. The van der Waals surface area contributed by atoms with Crippen LogP contribution in [0.15, 0.2) is 23.2 Å². The lowest BCUT2D eigenvalue weighted by Crippen LogP contribution is -2.46. The third-order valence-electron chi connectivity index (χ3n) is 6.71. The molecule has 1 aliphatic heterocycles. The molecule has 0 unspecified atom stereocenters. The number of aliphatic imine (C=N–C) groups is 1. The molecule has 0 saturated carbocycles. The van der Waals surface area contributed by atoms with Gasteiger partial charge in [-0.1, -0.05) is 26.8 Å². The van der Waals surface area contributed by atoms with Crippen molar-refractivity contribution in [3.05, 3.63) is 29.6 Å². The fraction of sp³-hybridized carbons (Fsp3) is 0.708. The Hall–Kier alpha value is -1.86. The van der Waals surface area contributed by atoms with Gasteiger partial charge in [-0.05, 0) is 55.8 Å². The Morgan fingerprint density at radius 3 is 2.35 bits per heavy atom. The molecule has 1 aromatic carbocycles. The van der Waals surface area contributed by atoms with Crippen molar-refractivity contribution in [2.24, 2.45) is 10.4 Å². The molecule has 2 rings (SSSR count). The first kappa shape index (κ1) is 25.4. The first-order valence-corrected chi connectivity index (χ1v) is 11.9. The molecular formula is C24H42FN5O. The molecular weight excluding hydrogens is 393 g/mol. The molecule has 1 fully saturated rings. The standard InChI is InChI=1S/C24H42FN5O/c1-5-24(6-2,11-16-31)19-28-23(26-7-3)27-18-20-9-10-22(21(25)17-20)30-14-12-29(8-4)13-15-30/h9-10,17,31H,5-8,11-16,18-19H2,1-4H3,(H2,26,27,28). The fourth-order valence-corrected chi connectivity index (χ4v) is 4.17. The van der Waals surface area contributed by atoms with Crippen LogP contribution in [0.1, 0.15) is 52.5 Å². The number of likely N-dealkylation sites (N-methyl/N-ethyl adjacent to an activating group) is 1. The largest absolute Gasteiger partial charge is 0.396 e. The molecule has 1 saturated heterocycles. The van der Waals surface area contributed by atoms with Crippen LogP contribution < -0.4 is 15.5 Å². The van der Waals surface area contributed by atoms with Gasteiger partial charge in [0.2, 0.25) is 0 Å². The molecule has 6 nitrogen and oxygen atoms in total. The second-order valence-electron chi connectivity index (χ2n) is 8.44. The lowest BCUT2D eigenvalue weighted by molar-refractivity contribution is 0.169. The number of nitrogens with one attached hydrogen (secondary N) is 2. The van der Waals surface area contributed by atoms with E-state index < -0.39 is 0 Å². The predicted molar refractivity (Wildman–Crippen MR) is 128 cm³/mol. The van der Waals surface area contributed by atoms with Gasteiger partial charge >= 0.3 is 0 Å². The van der Waals surface area contributed by atoms with Crippen LogP contribution in [-0.4, -0.2) is 68.4 Å². The highest BCUT2D eigenvalue weighted by atomic mass is 19.1. The molecule has 0 atom stereocenters. The summed E-state index contributed by atoms with van der Waals surface area (Å²) in [5.74, 6) is 0.557. The van der Waals surface area contributed by atoms with Crippen LogP contribution in [0.4, 0.5) is 10.1 Å². The van der Waals surface area contributed by atoms with E-state index in [1.165, 1.54) is 0 Å². The van der Waals surface area contributed by atoms with Gasteiger partial charge in [0, 0.05) is 45.9 Å². The summed E-state index contributed by atoms with van der Waals surface area (Å²) < 4.78 is 14.8. The number of aliphatic hydroxyl groups excluding tert-OH is 1. The van der Waals surface area contributed by atoms with Crippen LogP contribution in [0.25, 0.3) is 0 Å². The number of guanidine groups is 1. The number of anilines is 1. The number of rotatable bonds is 11. The molecule has 0 amide bonds. The summed E-state index contributed by atoms with van der Waals surface area (Å²) in [6.07, 6.45) is 2.76. The smallest absolute Gasteiger partial charge is 0.191 e. The molecule has 0 aromatic heterocycles. The van der Waals surface area contributed by atoms with Crippen LogP contribution in [0.2, 0.25) is 0 Å². The minimum Gasteiger partial charge on any atom is -0.396 e. The van der Waals surface area contributed by atoms with Crippen molar-refractivity contribution in [2.75, 3.05) is 57.3 Å². The quantitative estimate of drug-likeness (QED) is 0.368. The Morgan fingerprint density at radius 1 is 1.10 bits per heavy atom. The maximum absolute atomic E-state index is 14.8. The Kier molecular flexibility index (Phi) is 10.5. The number of nitrogens with zero attached hydrogens (tertiary/aromatic N) is 3. The summed E-state index contributed by atoms with van der Waals surface area (Å²) in [5, 5.41) is 16.1. The average Bonchev–Trinajstić information content (AvgIpc) is 2.80. The van der Waals surface area contributed by atoms with Gasteiger partial charge in [0.25, 0.3) is 0 Å². The molecule has 176 valence electrons. The molecule has 31 heavy (non-hydrogen) atoms. The Bertz CT molecular complexity index is 685. The maximum Gasteiger partial charge on any atom is 0.191 e. The third kappa shape index (κ3) is 7.35. The van der Waals surface area contributed by atoms with Gasteiger partial charge in [-0.25, -0.2) is 9.38 Å². The van der Waals surface area contributed by atoms with E-state index in [9.17, 15) is 9.50 Å². The Morgan fingerprint density at radius 2 is 1.81 bits per heavy atom. The van der Waals surface area contributed by atoms with E-state index in [0.717, 1.165) is 76.6 Å². The highest BCUT2D eigenvalue weighted by molar-refractivity contribution is 5.79. The second-order valence-corrected chi connectivity index (χ2v) is 8.44. The van der Waals surface area contributed by atoms with Gasteiger partial charge in [0.15, 0.2) is 5.96 Å². The number of benzene rings is 1. The highest BCUT2D eigenvalue weighted by Gasteiger charge is 2.25. The minimum absolute atomic E-state index is 0.0560. The molecule has 0 bridgehead atoms. The zero-order chi connectivity index (χ0) is 22.7. The number of piperazine rings is 1. The van der Waals surface area contributed by atoms with Crippen molar-refractivity contribution < 1.29 is 9.50 Å². The maximum atomic E-state index is 14.8. The zero-order valence-corrected chi connectivity index (χ0v) is 19.9. The Labute approximate surface area is 187 Å². The first-order chi connectivity index (χ1) is 15.0. The van der Waals surface area contributed by atoms with E-state index in [1.54, 1.807) is 6.07 Å². The SMILES string of the molecule is CCNC(=NCc1ccc(N2CCN(CC)CC2)c(F)c1)NCC(CC)(CC)CCO. The van der Waals surface area contributed by atoms with Crippen molar-refractivity contribution in [3.63, 3.8) is 0 Å². The van der Waals surface area contributed by atoms with E-state index in [-0.39, 0.29) is 17.8 Å². The molecule has 0 aliphatic carbocycles. The average molecular weight is 436 g/mol. The predicted octanol–water partition coefficient (Wildman–Crippen LogP) is 3.21. The first-order valence-electron chi connectivity index (χ1n) is 11.9. The van der Waals surface area contributed by atoms with E-state index in [4.69, 9.17) is 0 Å². The molecule has 3 N–H and O–H groups in total. The summed E-state index contributed by atoms with van der Waals surface area (Å²) in [7, 11) is 0. The molecule has 1 heterocycles. The molecule has 7 heteroatoms. The minimum atomic E-state index is -0.172. The van der Waals surface area contributed by atoms with Gasteiger partial charge < -0.3 is 25.5 Å². The number of hydrogen-bond acceptors (Lipinski definition) is 4. The third-order valence-corrected chi connectivity index (χ3v) is 6.71. The van der Waals surface area contributed by atoms with Gasteiger partial charge in [-0.3, -0.25) is 0 Å². The van der Waals surface area contributed by atoms with Crippen molar-refractivity contribution in [3.8, 4) is 0 Å². The summed E-state index contributed by atoms with van der Waals surface area (Å²) in [4.78, 5) is 9.19. The summed E-state index contributed by atoms with van der Waals surface area (Å²) in [5.41, 5.74) is 1.60. The van der Waals surface area contributed by atoms with Gasteiger partial charge in [-0.2, -0.15) is 0 Å². The monoisotopic (exact) mass is 435 g/mol. The van der Waals surface area contributed by atoms with Gasteiger partial charge in [0.05, 0.1) is 12.2 Å². The molecule has 0 spiro atoms. The molecule has 1 aromatic rings. The number of hydrogen-bond donors (Lipinski definition) is 3. The van der Waals surface area contributed by atoms with Crippen LogP contribution in [0, 0.1) is 11.2 Å². The van der Waals surface area contributed by atoms with Crippen LogP contribution in [-0.2, 0) is 6.54 Å². The van der Waals surface area contributed by atoms with Crippen molar-refractivity contribution in [1.29, 1.82) is 0 Å². The Balaban J connectivity index is 2.01. The lowest BCUT2D eigenvalue weighted by Gasteiger charge is -2.35. The highest BCUT2D eigenvalue weighted by Crippen LogP contribution is 2.29. The topological polar surface area (TPSA) is 63.1 Å². The zero-order valence-electron chi connectivity index (χ0n) is 19.9. The van der Waals surface area contributed by atoms with Crippen LogP contribution in [0.3, 0.4) is 0 Å². The summed E-state index contributed by atoms with van der Waals surface area (Å²) in [6.45, 7) is 15.4. The molecule has 1 aliphatic rings. The normalized spacial score (nSPS) is 15.9. The van der Waals surface area contributed by atoms with E-state index in [0.29, 0.717) is 12.2 Å². The van der Waals surface area contributed by atoms with Gasteiger partial charge in [0.1, 0.15) is 5.82 Å². The number of halogens is 1. The molecule has 0 radical (unpaired) electrons. The fourth-order valence-electron chi connectivity index (χ4n) is 4.17. The van der Waals surface area contributed by atoms with Crippen LogP contribution in [0.5, 0.6) is 0 Å². The van der Waals surface area contributed by atoms with E-state index in [1.807, 2.05) is 19.1 Å². The van der Waals surface area contributed by atoms with Gasteiger partial charge in [-0.15, -0.1) is 0 Å².